The van der Waals surface area contributed by atoms with E-state index in [0.29, 0.717) is 31.0 Å². The number of piperidine rings is 1. The van der Waals surface area contributed by atoms with Gasteiger partial charge in [0.15, 0.2) is 5.96 Å². The van der Waals surface area contributed by atoms with E-state index in [0.717, 1.165) is 25.9 Å². The molecule has 0 aromatic heterocycles. The minimum Gasteiger partial charge on any atom is -0.356 e. The highest BCUT2D eigenvalue weighted by molar-refractivity contribution is 14.0. The fraction of sp³-hybridized carbons (Fsp3) is 0.650. The second-order valence-electron chi connectivity index (χ2n) is 7.24. The summed E-state index contributed by atoms with van der Waals surface area (Å²) < 4.78 is 36.5. The van der Waals surface area contributed by atoms with Gasteiger partial charge in [-0.2, -0.15) is 13.2 Å². The van der Waals surface area contributed by atoms with Gasteiger partial charge in [-0.1, -0.05) is 30.3 Å². The standard InChI is InChI=1S/C20H31F3N4.HI/c1-16-14-18(10-13-27(16)15-17-8-4-3-5-9-17)26-19(24-2)25-12-7-6-11-20(21,22)23;/h3-5,8-9,16,18H,6-7,10-15H2,1-2H3,(H2,24,25,26);1H. The van der Waals surface area contributed by atoms with Crippen molar-refractivity contribution in [3.05, 3.63) is 35.9 Å². The number of hydrogen-bond donors (Lipinski definition) is 2. The molecule has 4 nitrogen and oxygen atoms in total. The Morgan fingerprint density at radius 2 is 1.93 bits per heavy atom. The van der Waals surface area contributed by atoms with E-state index in [1.807, 2.05) is 6.07 Å². The number of hydrogen-bond acceptors (Lipinski definition) is 2. The lowest BCUT2D eigenvalue weighted by Crippen LogP contribution is -2.51. The summed E-state index contributed by atoms with van der Waals surface area (Å²) >= 11 is 0. The third-order valence-electron chi connectivity index (χ3n) is 4.99. The van der Waals surface area contributed by atoms with Gasteiger partial charge < -0.3 is 10.6 Å². The van der Waals surface area contributed by atoms with Crippen molar-refractivity contribution in [1.82, 2.24) is 15.5 Å². The van der Waals surface area contributed by atoms with Crippen molar-refractivity contribution in [3.8, 4) is 0 Å². The van der Waals surface area contributed by atoms with E-state index in [2.05, 4.69) is 51.7 Å². The molecule has 8 heteroatoms. The molecule has 0 spiro atoms. The number of alkyl halides is 3. The monoisotopic (exact) mass is 512 g/mol. The van der Waals surface area contributed by atoms with Gasteiger partial charge in [0, 0.05) is 45.2 Å². The van der Waals surface area contributed by atoms with Gasteiger partial charge in [-0.05, 0) is 38.2 Å². The van der Waals surface area contributed by atoms with Crippen LogP contribution in [-0.2, 0) is 6.54 Å². The Bertz CT molecular complexity index is 581. The molecular formula is C20H32F3IN4. The molecule has 1 aliphatic rings. The van der Waals surface area contributed by atoms with Crippen LogP contribution in [0.2, 0.25) is 0 Å². The highest BCUT2D eigenvalue weighted by atomic mass is 127. The molecule has 1 fully saturated rings. The summed E-state index contributed by atoms with van der Waals surface area (Å²) in [6, 6.07) is 11.3. The SMILES string of the molecule is CN=C(NCCCCC(F)(F)F)NC1CCN(Cc2ccccc2)C(C)C1.I. The van der Waals surface area contributed by atoms with Crippen LogP contribution < -0.4 is 10.6 Å². The molecule has 2 unspecified atom stereocenters. The lowest BCUT2D eigenvalue weighted by molar-refractivity contribution is -0.135. The summed E-state index contributed by atoms with van der Waals surface area (Å²) in [4.78, 5) is 6.69. The summed E-state index contributed by atoms with van der Waals surface area (Å²) in [7, 11) is 1.69. The lowest BCUT2D eigenvalue weighted by Gasteiger charge is -2.38. The molecule has 0 radical (unpaired) electrons. The first kappa shape index (κ1) is 25.0. The van der Waals surface area contributed by atoms with E-state index in [4.69, 9.17) is 0 Å². The van der Waals surface area contributed by atoms with Crippen LogP contribution in [0.25, 0.3) is 0 Å². The van der Waals surface area contributed by atoms with E-state index in [1.165, 1.54) is 5.56 Å². The first-order chi connectivity index (χ1) is 12.9. The normalized spacial score (nSPS) is 21.1. The minimum atomic E-state index is -4.07. The average Bonchev–Trinajstić information content (AvgIpc) is 2.62. The Balaban J connectivity index is 0.00000392. The van der Waals surface area contributed by atoms with Gasteiger partial charge in [-0.3, -0.25) is 9.89 Å². The van der Waals surface area contributed by atoms with Crippen molar-refractivity contribution in [1.29, 1.82) is 0 Å². The maximum atomic E-state index is 12.2. The van der Waals surface area contributed by atoms with Gasteiger partial charge in [0.2, 0.25) is 0 Å². The third kappa shape index (κ3) is 9.45. The molecule has 0 aliphatic carbocycles. The number of unbranched alkanes of at least 4 members (excludes halogenated alkanes) is 1. The van der Waals surface area contributed by atoms with E-state index in [1.54, 1.807) is 7.05 Å². The fourth-order valence-corrected chi connectivity index (χ4v) is 3.45. The lowest BCUT2D eigenvalue weighted by atomic mass is 9.97. The van der Waals surface area contributed by atoms with Gasteiger partial charge in [-0.25, -0.2) is 0 Å². The molecule has 1 saturated heterocycles. The largest absolute Gasteiger partial charge is 0.389 e. The highest BCUT2D eigenvalue weighted by Crippen LogP contribution is 2.22. The van der Waals surface area contributed by atoms with E-state index >= 15 is 0 Å². The van der Waals surface area contributed by atoms with Crippen LogP contribution in [0.1, 0.15) is 44.6 Å². The van der Waals surface area contributed by atoms with Crippen LogP contribution >= 0.6 is 24.0 Å². The third-order valence-corrected chi connectivity index (χ3v) is 4.99. The Labute approximate surface area is 183 Å². The number of likely N-dealkylation sites (tertiary alicyclic amines) is 1. The number of aliphatic imine (C=N–C) groups is 1. The van der Waals surface area contributed by atoms with Crippen molar-refractivity contribution < 1.29 is 13.2 Å². The number of rotatable bonds is 7. The number of guanidine groups is 1. The van der Waals surface area contributed by atoms with Gasteiger partial charge in [-0.15, -0.1) is 24.0 Å². The van der Waals surface area contributed by atoms with Gasteiger partial charge in [0.05, 0.1) is 0 Å². The van der Waals surface area contributed by atoms with Crippen molar-refractivity contribution in [3.63, 3.8) is 0 Å². The summed E-state index contributed by atoms with van der Waals surface area (Å²) in [5.74, 6) is 0.677. The molecule has 1 aromatic rings. The maximum Gasteiger partial charge on any atom is 0.389 e. The first-order valence-corrected chi connectivity index (χ1v) is 9.69. The van der Waals surface area contributed by atoms with Crippen LogP contribution in [0.15, 0.2) is 35.3 Å². The predicted octanol–water partition coefficient (Wildman–Crippen LogP) is 4.56. The fourth-order valence-electron chi connectivity index (χ4n) is 3.45. The zero-order valence-corrected chi connectivity index (χ0v) is 19.0. The number of nitrogens with zero attached hydrogens (tertiary/aromatic N) is 2. The van der Waals surface area contributed by atoms with Crippen LogP contribution in [0.4, 0.5) is 13.2 Å². The van der Waals surface area contributed by atoms with Crippen molar-refractivity contribution in [2.45, 2.75) is 63.8 Å². The van der Waals surface area contributed by atoms with E-state index < -0.39 is 12.6 Å². The predicted molar refractivity (Wildman–Crippen MR) is 119 cm³/mol. The molecule has 0 saturated carbocycles. The van der Waals surface area contributed by atoms with E-state index in [9.17, 15) is 13.2 Å². The molecule has 0 bridgehead atoms. The summed E-state index contributed by atoms with van der Waals surface area (Å²) in [6.45, 7) is 4.71. The molecule has 1 heterocycles. The Morgan fingerprint density at radius 1 is 1.21 bits per heavy atom. The maximum absolute atomic E-state index is 12.2. The Kier molecular flexibility index (Phi) is 11.2. The first-order valence-electron chi connectivity index (χ1n) is 9.69. The molecule has 2 atom stereocenters. The topological polar surface area (TPSA) is 39.7 Å². The number of halogens is 4. The molecule has 1 aromatic carbocycles. The second kappa shape index (κ2) is 12.5. The molecule has 160 valence electrons. The van der Waals surface area contributed by atoms with Crippen LogP contribution in [0.3, 0.4) is 0 Å². The Hall–Kier alpha value is -1.03. The van der Waals surface area contributed by atoms with Crippen molar-refractivity contribution in [2.24, 2.45) is 4.99 Å². The summed E-state index contributed by atoms with van der Waals surface area (Å²) in [6.07, 6.45) is -2.13. The smallest absolute Gasteiger partial charge is 0.356 e. The van der Waals surface area contributed by atoms with Gasteiger partial charge >= 0.3 is 6.18 Å². The molecule has 1 aliphatic heterocycles. The minimum absolute atomic E-state index is 0. The number of benzene rings is 1. The van der Waals surface area contributed by atoms with Crippen LogP contribution in [0, 0.1) is 0 Å². The summed E-state index contributed by atoms with van der Waals surface area (Å²) in [5, 5.41) is 6.54. The van der Waals surface area contributed by atoms with Gasteiger partial charge in [0.25, 0.3) is 0 Å². The van der Waals surface area contributed by atoms with Crippen LogP contribution in [0.5, 0.6) is 0 Å². The van der Waals surface area contributed by atoms with Crippen molar-refractivity contribution in [2.75, 3.05) is 20.1 Å². The molecule has 2 N–H and O–H groups in total. The molecule has 28 heavy (non-hydrogen) atoms. The average molecular weight is 512 g/mol. The molecule has 0 amide bonds. The van der Waals surface area contributed by atoms with Crippen molar-refractivity contribution >= 4 is 29.9 Å². The van der Waals surface area contributed by atoms with Gasteiger partial charge in [0.1, 0.15) is 0 Å². The second-order valence-corrected chi connectivity index (χ2v) is 7.24. The zero-order chi connectivity index (χ0) is 19.7. The quantitative estimate of drug-likeness (QED) is 0.244. The number of nitrogens with one attached hydrogen (secondary N) is 2. The summed E-state index contributed by atoms with van der Waals surface area (Å²) in [5.41, 5.74) is 1.33. The molecule has 2 rings (SSSR count). The molecular weight excluding hydrogens is 480 g/mol. The van der Waals surface area contributed by atoms with E-state index in [-0.39, 0.29) is 30.4 Å². The zero-order valence-electron chi connectivity index (χ0n) is 16.6. The Morgan fingerprint density at radius 3 is 2.54 bits per heavy atom. The van der Waals surface area contributed by atoms with Crippen LogP contribution in [-0.4, -0.2) is 49.3 Å². The highest BCUT2D eigenvalue weighted by Gasteiger charge is 2.27.